The third-order valence-corrected chi connectivity index (χ3v) is 4.65. The molecule has 1 heterocycles. The molecule has 34 heavy (non-hydrogen) atoms. The van der Waals surface area contributed by atoms with Gasteiger partial charge in [0, 0.05) is 31.2 Å². The van der Waals surface area contributed by atoms with Crippen molar-refractivity contribution in [1.82, 2.24) is 5.32 Å². The second-order valence-corrected chi connectivity index (χ2v) is 7.20. The van der Waals surface area contributed by atoms with Gasteiger partial charge in [-0.2, -0.15) is 13.2 Å². The predicted octanol–water partition coefficient (Wildman–Crippen LogP) is 0.790. The van der Waals surface area contributed by atoms with Crippen LogP contribution in [0.15, 0.2) is 30.3 Å². The number of amides is 1. The Bertz CT molecular complexity index is 970. The van der Waals surface area contributed by atoms with Gasteiger partial charge in [-0.3, -0.25) is 19.2 Å². The monoisotopic (exact) mass is 494 g/mol. The van der Waals surface area contributed by atoms with Crippen molar-refractivity contribution in [2.75, 3.05) is 6.61 Å². The molecule has 5 atom stereocenters. The summed E-state index contributed by atoms with van der Waals surface area (Å²) in [6, 6.07) is 5.40. The van der Waals surface area contributed by atoms with Gasteiger partial charge < -0.3 is 29.4 Å². The van der Waals surface area contributed by atoms with Crippen LogP contribution in [0, 0.1) is 0 Å². The molecule has 0 aromatic heterocycles. The molecule has 0 bridgehead atoms. The van der Waals surface area contributed by atoms with Crippen LogP contribution in [0.4, 0.5) is 13.2 Å². The van der Waals surface area contributed by atoms with Gasteiger partial charge in [-0.15, -0.1) is 0 Å². The Hall–Kier alpha value is -3.19. The lowest BCUT2D eigenvalue weighted by atomic mass is 9.86. The van der Waals surface area contributed by atoms with Crippen molar-refractivity contribution >= 4 is 23.8 Å². The van der Waals surface area contributed by atoms with Gasteiger partial charge in [0.05, 0.1) is 0 Å². The highest BCUT2D eigenvalue weighted by Crippen LogP contribution is 2.35. The van der Waals surface area contributed by atoms with E-state index < -0.39 is 93.9 Å². The Labute approximate surface area is 196 Å². The molecule has 1 aliphatic rings. The summed E-state index contributed by atoms with van der Waals surface area (Å²) >= 11 is 0. The van der Waals surface area contributed by atoms with Crippen LogP contribution < -0.4 is 5.32 Å². The number of aliphatic hydroxyl groups is 1. The van der Waals surface area contributed by atoms with Gasteiger partial charge in [-0.1, -0.05) is 30.3 Å². The Kier molecular flexibility index (Phi) is 7.19. The number of carbonyl (C=O) groups is 4. The fourth-order valence-electron chi connectivity index (χ4n) is 3.40. The molecular weight excluding hydrogens is 467 g/mol. The molecule has 1 saturated heterocycles. The molecule has 1 aliphatic heterocycles. The molecule has 0 spiro atoms. The van der Waals surface area contributed by atoms with Gasteiger partial charge in [-0.25, -0.2) is 0 Å². The average Bonchev–Trinajstić information content (AvgIpc) is 2.85. The second-order valence-electron chi connectivity index (χ2n) is 7.20. The molecule has 1 aromatic rings. The maximum absolute atomic E-state index is 13.2. The molecule has 13 heteroatoms. The number of hydrogen-bond acceptors (Lipinski definition) is 9. The summed E-state index contributed by atoms with van der Waals surface area (Å²) in [4.78, 5) is 47.4. The van der Waals surface area contributed by atoms with E-state index in [0.29, 0.717) is 5.56 Å². The first-order valence-corrected chi connectivity index (χ1v) is 9.58. The third kappa shape index (κ3) is 7.15. The Morgan fingerprint density at radius 3 is 2.21 bits per heavy atom. The van der Waals surface area contributed by atoms with E-state index in [4.69, 9.17) is 23.1 Å². The van der Waals surface area contributed by atoms with E-state index in [-0.39, 0.29) is 0 Å². The van der Waals surface area contributed by atoms with Gasteiger partial charge in [0.15, 0.2) is 18.0 Å². The van der Waals surface area contributed by atoms with E-state index in [9.17, 15) is 37.5 Å². The number of rotatable bonds is 7. The topological polar surface area (TPSA) is 137 Å². The fourth-order valence-corrected chi connectivity index (χ4v) is 3.40. The van der Waals surface area contributed by atoms with E-state index in [1.54, 1.807) is 6.07 Å². The summed E-state index contributed by atoms with van der Waals surface area (Å²) < 4.78 is 81.4. The normalized spacial score (nSPS) is 27.9. The second kappa shape index (κ2) is 10.8. The smallest absolute Gasteiger partial charge is 0.463 e. The van der Waals surface area contributed by atoms with Crippen LogP contribution in [0.3, 0.4) is 0 Å². The molecule has 188 valence electrons. The molecule has 1 fully saturated rings. The fraction of sp³-hybridized carbons (Fsp3) is 0.524. The molecule has 1 unspecified atom stereocenters. The van der Waals surface area contributed by atoms with E-state index in [0.717, 1.165) is 0 Å². The Balaban J connectivity index is 2.63. The predicted molar refractivity (Wildman–Crippen MR) is 106 cm³/mol. The van der Waals surface area contributed by atoms with Gasteiger partial charge >= 0.3 is 30.0 Å². The number of carbonyl (C=O) groups excluding carboxylic acids is 4. The molecule has 0 radical (unpaired) electrons. The molecule has 10 nitrogen and oxygen atoms in total. The zero-order valence-corrected chi connectivity index (χ0v) is 17.6. The average molecular weight is 494 g/mol. The number of alkyl halides is 3. The summed E-state index contributed by atoms with van der Waals surface area (Å²) in [6.45, 7) is -3.67. The van der Waals surface area contributed by atoms with Gasteiger partial charge in [0.2, 0.25) is 0 Å². The standard InChI is InChI=1S/C21H24F3NO9/c1-11(26)31-10-15-16(32-12(2)27)17(33-13(3)28)18(25-19(29)21(22,23)24)20(30,34-15)9-14-7-5-4-6-8-14/h4-8,15-18,30H,9-10H2,1-3H3,(H,25,29)/t15-,16+,17+,18-,20?/m1/s1/i1D,2D,3D. The summed E-state index contributed by atoms with van der Waals surface area (Å²) in [5, 5.41) is 13.0. The number of ether oxygens (including phenoxy) is 4. The molecule has 2 rings (SSSR count). The first-order valence-electron chi connectivity index (χ1n) is 11.7. The summed E-state index contributed by atoms with van der Waals surface area (Å²) in [7, 11) is 0. The van der Waals surface area contributed by atoms with Gasteiger partial charge in [0.1, 0.15) is 18.8 Å². The van der Waals surface area contributed by atoms with Crippen LogP contribution in [0.2, 0.25) is 0 Å². The van der Waals surface area contributed by atoms with Crippen molar-refractivity contribution in [2.24, 2.45) is 0 Å². The minimum atomic E-state index is -5.45. The number of esters is 3. The lowest BCUT2D eigenvalue weighted by molar-refractivity contribution is -0.321. The Morgan fingerprint density at radius 1 is 1.06 bits per heavy atom. The van der Waals surface area contributed by atoms with E-state index in [1.165, 1.54) is 29.6 Å². The SMILES string of the molecule is [2H]CC(=O)OC[C@H]1OC(O)(Cc2ccccc2)[C@H](NC(=O)C(F)(F)F)[C@@H](OC(=O)C[2H])[C@H]1OC(=O)C[2H]. The zero-order valence-electron chi connectivity index (χ0n) is 20.6. The van der Waals surface area contributed by atoms with Crippen LogP contribution >= 0.6 is 0 Å². The largest absolute Gasteiger partial charge is 0.471 e. The minimum absolute atomic E-state index is 0.297. The van der Waals surface area contributed by atoms with Gasteiger partial charge in [0.25, 0.3) is 0 Å². The summed E-state index contributed by atoms with van der Waals surface area (Å²) in [5.74, 6) is -8.98. The lowest BCUT2D eigenvalue weighted by Crippen LogP contribution is -2.73. The quantitative estimate of drug-likeness (QED) is 0.416. The molecule has 0 saturated carbocycles. The number of halogens is 3. The summed E-state index contributed by atoms with van der Waals surface area (Å²) in [6.07, 6.45) is -11.7. The van der Waals surface area contributed by atoms with Crippen molar-refractivity contribution in [2.45, 2.75) is 63.4 Å². The van der Waals surface area contributed by atoms with E-state index >= 15 is 0 Å². The maximum atomic E-state index is 13.2. The number of benzene rings is 1. The molecule has 0 aliphatic carbocycles. The van der Waals surface area contributed by atoms with Crippen molar-refractivity contribution in [1.29, 1.82) is 0 Å². The number of hydrogen-bond donors (Lipinski definition) is 2. The van der Waals surface area contributed by atoms with Gasteiger partial charge in [-0.05, 0) is 5.56 Å². The van der Waals surface area contributed by atoms with Crippen molar-refractivity contribution < 1.29 is 60.5 Å². The number of nitrogens with one attached hydrogen (secondary N) is 1. The highest BCUT2D eigenvalue weighted by atomic mass is 19.4. The minimum Gasteiger partial charge on any atom is -0.463 e. The molecule has 2 N–H and O–H groups in total. The first kappa shape index (κ1) is 22.6. The van der Waals surface area contributed by atoms with E-state index in [1.807, 2.05) is 0 Å². The van der Waals surface area contributed by atoms with Crippen molar-refractivity contribution in [3.05, 3.63) is 35.9 Å². The van der Waals surface area contributed by atoms with Crippen molar-refractivity contribution in [3.63, 3.8) is 0 Å². The molecule has 1 amide bonds. The highest BCUT2D eigenvalue weighted by molar-refractivity contribution is 5.82. The van der Waals surface area contributed by atoms with Crippen LogP contribution in [-0.4, -0.2) is 71.8 Å². The molecule has 1 aromatic carbocycles. The zero-order chi connectivity index (χ0) is 27.8. The maximum Gasteiger partial charge on any atom is 0.471 e. The lowest BCUT2D eigenvalue weighted by Gasteiger charge is -2.49. The Morgan fingerprint density at radius 2 is 1.65 bits per heavy atom. The first-order chi connectivity index (χ1) is 17.3. The molecular formula is C21H24F3NO9. The van der Waals surface area contributed by atoms with Crippen LogP contribution in [-0.2, 0) is 44.5 Å². The van der Waals surface area contributed by atoms with E-state index in [2.05, 4.69) is 0 Å². The van der Waals surface area contributed by atoms with Crippen LogP contribution in [0.5, 0.6) is 0 Å². The van der Waals surface area contributed by atoms with Crippen LogP contribution in [0.1, 0.15) is 30.4 Å². The third-order valence-electron chi connectivity index (χ3n) is 4.65. The highest BCUT2D eigenvalue weighted by Gasteiger charge is 2.59. The van der Waals surface area contributed by atoms with Crippen molar-refractivity contribution in [3.8, 4) is 0 Å². The summed E-state index contributed by atoms with van der Waals surface area (Å²) in [5.41, 5.74) is 0.297. The van der Waals surface area contributed by atoms with Crippen LogP contribution in [0.25, 0.3) is 0 Å².